The molecule has 0 saturated carbocycles. The van der Waals surface area contributed by atoms with Crippen LogP contribution in [0.25, 0.3) is 10.3 Å². The number of ether oxygens (including phenoxy) is 1. The van der Waals surface area contributed by atoms with Crippen LogP contribution in [0.15, 0.2) is 30.6 Å². The summed E-state index contributed by atoms with van der Waals surface area (Å²) in [5.74, 6) is 1.04. The Hall–Kier alpha value is -2.58. The number of nitrogens with one attached hydrogen (secondary N) is 1. The maximum Gasteiger partial charge on any atom is 0.280 e. The van der Waals surface area contributed by atoms with Crippen molar-refractivity contribution in [3.8, 4) is 0 Å². The number of benzene rings is 1. The minimum Gasteiger partial charge on any atom is -0.381 e. The molecule has 3 aromatic rings. The van der Waals surface area contributed by atoms with E-state index in [1.807, 2.05) is 6.07 Å². The van der Waals surface area contributed by atoms with Crippen LogP contribution in [0, 0.1) is 0 Å². The van der Waals surface area contributed by atoms with E-state index < -0.39 is 0 Å². The van der Waals surface area contributed by atoms with Gasteiger partial charge in [0, 0.05) is 37.4 Å². The summed E-state index contributed by atoms with van der Waals surface area (Å²) in [5, 5.41) is 3.51. The van der Waals surface area contributed by atoms with Gasteiger partial charge in [-0.2, -0.15) is 0 Å². The van der Waals surface area contributed by atoms with E-state index in [0.717, 1.165) is 35.7 Å². The smallest absolute Gasteiger partial charge is 0.280 e. The van der Waals surface area contributed by atoms with Gasteiger partial charge in [0.1, 0.15) is 16.7 Å². The van der Waals surface area contributed by atoms with Crippen LogP contribution in [0.4, 0.5) is 11.5 Å². The molecule has 4 heterocycles. The molecule has 1 amide bonds. The van der Waals surface area contributed by atoms with E-state index in [1.54, 1.807) is 6.33 Å². The van der Waals surface area contributed by atoms with E-state index in [4.69, 9.17) is 4.74 Å². The number of thiazole rings is 1. The summed E-state index contributed by atoms with van der Waals surface area (Å²) in [6.45, 7) is 4.43. The quantitative estimate of drug-likeness (QED) is 0.733. The maximum absolute atomic E-state index is 12.7. The number of rotatable bonds is 3. The van der Waals surface area contributed by atoms with Crippen molar-refractivity contribution in [1.82, 2.24) is 20.3 Å². The van der Waals surface area contributed by atoms with Gasteiger partial charge in [0.15, 0.2) is 10.8 Å². The molecule has 8 heteroatoms. The Kier molecular flexibility index (Phi) is 4.44. The van der Waals surface area contributed by atoms with Crippen molar-refractivity contribution >= 4 is 39.1 Å². The fourth-order valence-corrected chi connectivity index (χ4v) is 4.75. The van der Waals surface area contributed by atoms with Gasteiger partial charge in [-0.3, -0.25) is 4.79 Å². The van der Waals surface area contributed by atoms with Crippen molar-refractivity contribution in [2.75, 3.05) is 24.7 Å². The molecule has 2 aliphatic rings. The first-order chi connectivity index (χ1) is 13.7. The van der Waals surface area contributed by atoms with Gasteiger partial charge in [0.25, 0.3) is 5.91 Å². The number of hydrogen-bond acceptors (Lipinski definition) is 7. The Morgan fingerprint density at radius 1 is 1.25 bits per heavy atom. The number of fused-ring (bicyclic) bond motifs is 2. The largest absolute Gasteiger partial charge is 0.381 e. The Morgan fingerprint density at radius 3 is 2.93 bits per heavy atom. The molecule has 2 aliphatic heterocycles. The number of para-hydroxylation sites is 1. The monoisotopic (exact) mass is 395 g/mol. The van der Waals surface area contributed by atoms with Gasteiger partial charge in [0.05, 0.1) is 0 Å². The molecular weight excluding hydrogens is 374 g/mol. The Labute approximate surface area is 166 Å². The maximum atomic E-state index is 12.7. The molecule has 1 aromatic carbocycles. The third-order valence-electron chi connectivity index (χ3n) is 5.40. The van der Waals surface area contributed by atoms with Crippen LogP contribution in [0.2, 0.25) is 0 Å². The molecule has 1 atom stereocenters. The molecule has 1 saturated heterocycles. The first-order valence-electron chi connectivity index (χ1n) is 9.57. The minimum absolute atomic E-state index is 0.143. The molecule has 0 aliphatic carbocycles. The van der Waals surface area contributed by atoms with Crippen LogP contribution < -0.4 is 10.2 Å². The fraction of sp³-hybridized carbons (Fsp3) is 0.400. The molecule has 1 fully saturated rings. The van der Waals surface area contributed by atoms with Crippen molar-refractivity contribution in [3.05, 3.63) is 41.2 Å². The number of nitrogens with zero attached hydrogens (tertiary/aromatic N) is 4. The summed E-state index contributed by atoms with van der Waals surface area (Å²) >= 11 is 1.32. The lowest BCUT2D eigenvalue weighted by molar-refractivity contribution is 0.0696. The van der Waals surface area contributed by atoms with Crippen LogP contribution in [0.3, 0.4) is 0 Å². The predicted octanol–water partition coefficient (Wildman–Crippen LogP) is 3.25. The third-order valence-corrected chi connectivity index (χ3v) is 6.36. The van der Waals surface area contributed by atoms with Crippen molar-refractivity contribution in [3.63, 3.8) is 0 Å². The number of anilines is 2. The highest BCUT2D eigenvalue weighted by atomic mass is 32.1. The lowest BCUT2D eigenvalue weighted by Gasteiger charge is -2.22. The van der Waals surface area contributed by atoms with Crippen molar-refractivity contribution in [2.45, 2.75) is 31.7 Å². The molecule has 0 radical (unpaired) electrons. The van der Waals surface area contributed by atoms with E-state index >= 15 is 0 Å². The summed E-state index contributed by atoms with van der Waals surface area (Å²) in [4.78, 5) is 29.1. The van der Waals surface area contributed by atoms with E-state index in [1.165, 1.54) is 16.9 Å². The number of carbonyl (C=O) groups excluding carboxylic acids is 1. The Morgan fingerprint density at radius 2 is 2.07 bits per heavy atom. The molecule has 2 aromatic heterocycles. The van der Waals surface area contributed by atoms with Crippen LogP contribution >= 0.6 is 11.3 Å². The SMILES string of the molecule is CC1CN(c2ncnc3sc(C(=O)NC4CCOCC4)nc23)c2ccccc21. The average Bonchev–Trinajstić information content (AvgIpc) is 3.31. The normalized spacial score (nSPS) is 19.8. The zero-order valence-corrected chi connectivity index (χ0v) is 16.4. The van der Waals surface area contributed by atoms with Gasteiger partial charge in [0.2, 0.25) is 0 Å². The Balaban J connectivity index is 1.48. The Bertz CT molecular complexity index is 1030. The summed E-state index contributed by atoms with van der Waals surface area (Å²) in [7, 11) is 0. The van der Waals surface area contributed by atoms with Gasteiger partial charge in [-0.05, 0) is 24.5 Å². The predicted molar refractivity (Wildman–Crippen MR) is 108 cm³/mol. The first-order valence-corrected chi connectivity index (χ1v) is 10.4. The summed E-state index contributed by atoms with van der Waals surface area (Å²) in [6, 6.07) is 8.51. The summed E-state index contributed by atoms with van der Waals surface area (Å²) in [5.41, 5.74) is 3.15. The second-order valence-corrected chi connectivity index (χ2v) is 8.28. The van der Waals surface area contributed by atoms with Gasteiger partial charge in [-0.1, -0.05) is 36.5 Å². The van der Waals surface area contributed by atoms with Crippen molar-refractivity contribution < 1.29 is 9.53 Å². The molecule has 7 nitrogen and oxygen atoms in total. The number of carbonyl (C=O) groups is 1. The van der Waals surface area contributed by atoms with E-state index in [0.29, 0.717) is 29.7 Å². The van der Waals surface area contributed by atoms with Gasteiger partial charge < -0.3 is 15.0 Å². The molecule has 1 N–H and O–H groups in total. The highest BCUT2D eigenvalue weighted by Gasteiger charge is 2.29. The van der Waals surface area contributed by atoms with Crippen molar-refractivity contribution in [2.24, 2.45) is 0 Å². The molecule has 1 unspecified atom stereocenters. The highest BCUT2D eigenvalue weighted by molar-refractivity contribution is 7.20. The molecule has 28 heavy (non-hydrogen) atoms. The van der Waals surface area contributed by atoms with Gasteiger partial charge >= 0.3 is 0 Å². The third kappa shape index (κ3) is 3.02. The number of aromatic nitrogens is 3. The van der Waals surface area contributed by atoms with E-state index in [9.17, 15) is 4.79 Å². The zero-order chi connectivity index (χ0) is 19.1. The lowest BCUT2D eigenvalue weighted by Crippen LogP contribution is -2.38. The fourth-order valence-electron chi connectivity index (χ4n) is 3.95. The lowest BCUT2D eigenvalue weighted by atomic mass is 10.0. The van der Waals surface area contributed by atoms with Crippen LogP contribution in [-0.4, -0.2) is 46.7 Å². The molecule has 144 valence electrons. The van der Waals surface area contributed by atoms with Gasteiger partial charge in [-0.25, -0.2) is 15.0 Å². The summed E-state index contributed by atoms with van der Waals surface area (Å²) in [6.07, 6.45) is 3.23. The van der Waals surface area contributed by atoms with E-state index in [-0.39, 0.29) is 11.9 Å². The topological polar surface area (TPSA) is 80.2 Å². The first kappa shape index (κ1) is 17.5. The molecule has 0 spiro atoms. The number of hydrogen-bond donors (Lipinski definition) is 1. The average molecular weight is 395 g/mol. The van der Waals surface area contributed by atoms with Crippen molar-refractivity contribution in [1.29, 1.82) is 0 Å². The number of amides is 1. The molecule has 5 rings (SSSR count). The molecular formula is C20H21N5O2S. The second-order valence-electron chi connectivity index (χ2n) is 7.30. The van der Waals surface area contributed by atoms with Crippen LogP contribution in [0.1, 0.15) is 41.0 Å². The van der Waals surface area contributed by atoms with Crippen LogP contribution in [-0.2, 0) is 4.74 Å². The van der Waals surface area contributed by atoms with E-state index in [2.05, 4.69) is 50.3 Å². The van der Waals surface area contributed by atoms with Gasteiger partial charge in [-0.15, -0.1) is 0 Å². The highest BCUT2D eigenvalue weighted by Crippen LogP contribution is 2.41. The van der Waals surface area contributed by atoms with Crippen LogP contribution in [0.5, 0.6) is 0 Å². The molecule has 0 bridgehead atoms. The second kappa shape index (κ2) is 7.10. The standard InChI is InChI=1S/C20H21N5O2S/c1-12-10-25(15-5-3-2-4-14(12)15)17-16-19(22-11-21-17)28-20(24-16)18(26)23-13-6-8-27-9-7-13/h2-5,11-13H,6-10H2,1H3,(H,23,26). The summed E-state index contributed by atoms with van der Waals surface area (Å²) < 4.78 is 5.36. The zero-order valence-electron chi connectivity index (χ0n) is 15.6. The minimum atomic E-state index is -0.143.